The molecular formula is C28H46N2+2. The molecule has 0 fully saturated rings. The predicted octanol–water partition coefficient (Wildman–Crippen LogP) is 4.50. The molecule has 2 nitrogen and oxygen atoms in total. The molecule has 0 aromatic heterocycles. The van der Waals surface area contributed by atoms with Crippen LogP contribution in [0.1, 0.15) is 76.3 Å². The Morgan fingerprint density at radius 2 is 0.833 bits per heavy atom. The number of unbranched alkanes of at least 4 members (excludes halogenated alkanes) is 7. The number of quaternary nitrogens is 2. The second kappa shape index (κ2) is 16.1. The summed E-state index contributed by atoms with van der Waals surface area (Å²) in [5.41, 5.74) is 2.93. The van der Waals surface area contributed by atoms with E-state index in [0.29, 0.717) is 12.1 Å². The van der Waals surface area contributed by atoms with Crippen molar-refractivity contribution in [1.29, 1.82) is 0 Å². The van der Waals surface area contributed by atoms with Gasteiger partial charge in [-0.1, -0.05) is 86.3 Å². The SMILES string of the molecule is C[C@H](Cc1ccccc1)[NH2+]CCCCCCCCCC[NH2+][C@H](C)Cc1ccccc1. The van der Waals surface area contributed by atoms with E-state index >= 15 is 0 Å². The van der Waals surface area contributed by atoms with Crippen LogP contribution in [0.5, 0.6) is 0 Å². The fraction of sp³-hybridized carbons (Fsp3) is 0.571. The van der Waals surface area contributed by atoms with E-state index in [2.05, 4.69) is 85.1 Å². The Bertz CT molecular complexity index is 568. The number of hydrogen-bond acceptors (Lipinski definition) is 0. The molecule has 0 spiro atoms. The van der Waals surface area contributed by atoms with Gasteiger partial charge in [0, 0.05) is 12.8 Å². The first-order valence-corrected chi connectivity index (χ1v) is 12.5. The van der Waals surface area contributed by atoms with Gasteiger partial charge in [0.25, 0.3) is 0 Å². The lowest BCUT2D eigenvalue weighted by molar-refractivity contribution is -0.686. The van der Waals surface area contributed by atoms with Crippen molar-refractivity contribution in [3.8, 4) is 0 Å². The average molecular weight is 411 g/mol. The molecule has 2 heteroatoms. The van der Waals surface area contributed by atoms with Crippen LogP contribution >= 0.6 is 0 Å². The van der Waals surface area contributed by atoms with Gasteiger partial charge in [0.1, 0.15) is 0 Å². The normalized spacial score (nSPS) is 13.3. The summed E-state index contributed by atoms with van der Waals surface area (Å²) in [7, 11) is 0. The van der Waals surface area contributed by atoms with E-state index in [4.69, 9.17) is 0 Å². The van der Waals surface area contributed by atoms with E-state index < -0.39 is 0 Å². The molecule has 0 aliphatic rings. The Labute approximate surface area is 185 Å². The molecule has 166 valence electrons. The minimum absolute atomic E-state index is 0.694. The molecule has 2 atom stereocenters. The summed E-state index contributed by atoms with van der Waals surface area (Å²) < 4.78 is 0. The molecule has 2 aromatic carbocycles. The highest BCUT2D eigenvalue weighted by Crippen LogP contribution is 2.08. The fourth-order valence-electron chi connectivity index (χ4n) is 4.29. The molecular weight excluding hydrogens is 364 g/mol. The average Bonchev–Trinajstić information content (AvgIpc) is 2.76. The van der Waals surface area contributed by atoms with Gasteiger partial charge in [-0.2, -0.15) is 0 Å². The molecule has 0 saturated carbocycles. The Kier molecular flexibility index (Phi) is 13.2. The van der Waals surface area contributed by atoms with E-state index in [-0.39, 0.29) is 0 Å². The number of hydrogen-bond donors (Lipinski definition) is 2. The molecule has 0 radical (unpaired) electrons. The lowest BCUT2D eigenvalue weighted by Gasteiger charge is -2.11. The second-order valence-electron chi connectivity index (χ2n) is 9.21. The van der Waals surface area contributed by atoms with Gasteiger partial charge in [0.2, 0.25) is 0 Å². The third-order valence-electron chi connectivity index (χ3n) is 6.10. The van der Waals surface area contributed by atoms with Crippen molar-refractivity contribution in [1.82, 2.24) is 0 Å². The number of rotatable bonds is 17. The van der Waals surface area contributed by atoms with Crippen molar-refractivity contribution in [2.24, 2.45) is 0 Å². The highest BCUT2D eigenvalue weighted by Gasteiger charge is 2.06. The zero-order valence-corrected chi connectivity index (χ0v) is 19.6. The summed E-state index contributed by atoms with van der Waals surface area (Å²) in [5.74, 6) is 0. The first-order valence-electron chi connectivity index (χ1n) is 12.5. The lowest BCUT2D eigenvalue weighted by atomic mass is 10.1. The van der Waals surface area contributed by atoms with Crippen LogP contribution in [0.2, 0.25) is 0 Å². The number of benzene rings is 2. The summed E-state index contributed by atoms with van der Waals surface area (Å²) in [6.07, 6.45) is 13.6. The molecule has 0 unspecified atom stereocenters. The molecule has 0 aliphatic heterocycles. The third-order valence-corrected chi connectivity index (χ3v) is 6.10. The van der Waals surface area contributed by atoms with E-state index in [9.17, 15) is 0 Å². The Morgan fingerprint density at radius 3 is 1.20 bits per heavy atom. The van der Waals surface area contributed by atoms with Crippen molar-refractivity contribution in [3.05, 3.63) is 71.8 Å². The minimum Gasteiger partial charge on any atom is -0.344 e. The van der Waals surface area contributed by atoms with Crippen LogP contribution in [0.15, 0.2) is 60.7 Å². The van der Waals surface area contributed by atoms with E-state index in [0.717, 1.165) is 0 Å². The summed E-state index contributed by atoms with van der Waals surface area (Å²) in [4.78, 5) is 0. The largest absolute Gasteiger partial charge is 0.344 e. The summed E-state index contributed by atoms with van der Waals surface area (Å²) in [6, 6.07) is 23.1. The highest BCUT2D eigenvalue weighted by atomic mass is 14.9. The van der Waals surface area contributed by atoms with Crippen LogP contribution in [0.3, 0.4) is 0 Å². The van der Waals surface area contributed by atoms with E-state index in [1.165, 1.54) is 88.4 Å². The van der Waals surface area contributed by atoms with Crippen molar-refractivity contribution in [3.63, 3.8) is 0 Å². The maximum atomic E-state index is 2.53. The first kappa shape index (κ1) is 24.6. The Hall–Kier alpha value is -1.64. The van der Waals surface area contributed by atoms with Crippen LogP contribution < -0.4 is 10.6 Å². The molecule has 4 N–H and O–H groups in total. The van der Waals surface area contributed by atoms with Crippen molar-refractivity contribution < 1.29 is 10.6 Å². The molecule has 2 aromatic rings. The monoisotopic (exact) mass is 410 g/mol. The molecule has 2 rings (SSSR count). The molecule has 0 heterocycles. The Balaban J connectivity index is 1.32. The fourth-order valence-corrected chi connectivity index (χ4v) is 4.29. The standard InChI is InChI=1S/C28H44N2/c1-25(23-27-17-11-9-12-18-27)29-21-15-7-5-3-4-6-8-16-22-30-26(2)24-28-19-13-10-14-20-28/h9-14,17-20,25-26,29-30H,3-8,15-16,21-24H2,1-2H3/p+2/t25-,26-/m1/s1. The summed E-state index contributed by atoms with van der Waals surface area (Å²) in [5, 5.41) is 5.06. The van der Waals surface area contributed by atoms with Gasteiger partial charge in [-0.25, -0.2) is 0 Å². The zero-order valence-electron chi connectivity index (χ0n) is 19.6. The minimum atomic E-state index is 0.694. The van der Waals surface area contributed by atoms with Gasteiger partial charge in [0.05, 0.1) is 25.2 Å². The Morgan fingerprint density at radius 1 is 0.500 bits per heavy atom. The van der Waals surface area contributed by atoms with E-state index in [1.54, 1.807) is 0 Å². The third kappa shape index (κ3) is 12.1. The van der Waals surface area contributed by atoms with Crippen molar-refractivity contribution in [2.75, 3.05) is 13.1 Å². The molecule has 0 aliphatic carbocycles. The van der Waals surface area contributed by atoms with Crippen molar-refractivity contribution in [2.45, 2.75) is 90.1 Å². The van der Waals surface area contributed by atoms with Gasteiger partial charge in [-0.3, -0.25) is 0 Å². The summed E-state index contributed by atoms with van der Waals surface area (Å²) >= 11 is 0. The summed E-state index contributed by atoms with van der Waals surface area (Å²) in [6.45, 7) is 7.27. The molecule has 30 heavy (non-hydrogen) atoms. The van der Waals surface area contributed by atoms with Crippen LogP contribution in [0.25, 0.3) is 0 Å². The van der Waals surface area contributed by atoms with Gasteiger partial charge >= 0.3 is 0 Å². The quantitative estimate of drug-likeness (QED) is 0.360. The predicted molar refractivity (Wildman–Crippen MR) is 130 cm³/mol. The van der Waals surface area contributed by atoms with Crippen LogP contribution in [-0.4, -0.2) is 25.2 Å². The maximum Gasteiger partial charge on any atom is 0.0871 e. The molecule has 0 bridgehead atoms. The van der Waals surface area contributed by atoms with Crippen LogP contribution in [0, 0.1) is 0 Å². The zero-order chi connectivity index (χ0) is 21.3. The van der Waals surface area contributed by atoms with E-state index in [1.807, 2.05) is 0 Å². The van der Waals surface area contributed by atoms with Gasteiger partial charge in [0.15, 0.2) is 0 Å². The second-order valence-corrected chi connectivity index (χ2v) is 9.21. The molecule has 0 amide bonds. The topological polar surface area (TPSA) is 33.2 Å². The number of nitrogens with two attached hydrogens (primary N) is 2. The van der Waals surface area contributed by atoms with Crippen molar-refractivity contribution >= 4 is 0 Å². The van der Waals surface area contributed by atoms with Gasteiger partial charge in [-0.15, -0.1) is 0 Å². The van der Waals surface area contributed by atoms with Crippen LogP contribution in [0.4, 0.5) is 0 Å². The smallest absolute Gasteiger partial charge is 0.0871 e. The first-order chi connectivity index (χ1) is 14.7. The maximum absolute atomic E-state index is 2.53. The molecule has 0 saturated heterocycles. The lowest BCUT2D eigenvalue weighted by Crippen LogP contribution is -2.89. The van der Waals surface area contributed by atoms with Gasteiger partial charge in [-0.05, 0) is 50.7 Å². The van der Waals surface area contributed by atoms with Crippen LogP contribution in [-0.2, 0) is 12.8 Å². The highest BCUT2D eigenvalue weighted by molar-refractivity contribution is 5.15. The van der Waals surface area contributed by atoms with Gasteiger partial charge < -0.3 is 10.6 Å².